The summed E-state index contributed by atoms with van der Waals surface area (Å²) in [6.07, 6.45) is -0.0398. The van der Waals surface area contributed by atoms with Gasteiger partial charge in [0.25, 0.3) is 0 Å². The number of nitrogens with one attached hydrogen (secondary N) is 3. The second kappa shape index (κ2) is 12.5. The highest BCUT2D eigenvalue weighted by atomic mass is 16.7. The largest absolute Gasteiger partial charge is 0.491 e. The minimum absolute atomic E-state index is 0.0498. The van der Waals surface area contributed by atoms with E-state index in [0.29, 0.717) is 23.4 Å². The molecule has 0 radical (unpaired) electrons. The Labute approximate surface area is 213 Å². The number of nitrogens with zero attached hydrogens (tertiary/aromatic N) is 1. The summed E-state index contributed by atoms with van der Waals surface area (Å²) in [5.74, 6) is -1.22. The molecule has 1 aromatic heterocycles. The topological polar surface area (TPSA) is 166 Å². The normalized spacial score (nSPS) is 17.2. The van der Waals surface area contributed by atoms with Crippen molar-refractivity contribution in [3.8, 4) is 17.0 Å². The van der Waals surface area contributed by atoms with Crippen LogP contribution < -0.4 is 15.4 Å². The van der Waals surface area contributed by atoms with E-state index in [1.165, 1.54) is 27.2 Å². The van der Waals surface area contributed by atoms with E-state index in [1.807, 2.05) is 12.1 Å². The Balaban J connectivity index is 1.49. The maximum atomic E-state index is 12.0. The van der Waals surface area contributed by atoms with Crippen LogP contribution in [0.15, 0.2) is 42.6 Å². The molecular formula is C25H28N4O8. The van der Waals surface area contributed by atoms with Gasteiger partial charge in [-0.15, -0.1) is 0 Å². The maximum Gasteiger partial charge on any atom is 0.415 e. The monoisotopic (exact) mass is 512 g/mol. The molecule has 0 aliphatic carbocycles. The van der Waals surface area contributed by atoms with Gasteiger partial charge in [-0.05, 0) is 42.8 Å². The number of esters is 2. The molecular weight excluding hydrogens is 484 g/mol. The third kappa shape index (κ3) is 8.02. The molecule has 3 rings (SSSR count). The second-order valence-electron chi connectivity index (χ2n) is 8.27. The van der Waals surface area contributed by atoms with E-state index in [4.69, 9.17) is 19.6 Å². The summed E-state index contributed by atoms with van der Waals surface area (Å²) in [6.45, 7) is 2.84. The van der Waals surface area contributed by atoms with E-state index in [9.17, 15) is 19.2 Å². The third-order valence-electron chi connectivity index (χ3n) is 5.41. The lowest BCUT2D eigenvalue weighted by Gasteiger charge is -2.14. The summed E-state index contributed by atoms with van der Waals surface area (Å²) in [6, 6.07) is 10.3. The number of carbonyl (C=O) groups is 4. The Morgan fingerprint density at radius 3 is 2.51 bits per heavy atom. The molecule has 0 bridgehead atoms. The number of ether oxygens (including phenoxy) is 4. The number of alkyl carbamates (subject to hydrolysis) is 1. The van der Waals surface area contributed by atoms with Gasteiger partial charge in [0.2, 0.25) is 12.2 Å². The molecule has 1 unspecified atom stereocenters. The number of aromatic nitrogens is 1. The van der Waals surface area contributed by atoms with Gasteiger partial charge >= 0.3 is 18.0 Å². The highest BCUT2D eigenvalue weighted by molar-refractivity contribution is 6.04. The number of amidine groups is 1. The highest BCUT2D eigenvalue weighted by Gasteiger charge is 2.34. The first-order chi connectivity index (χ1) is 17.6. The molecule has 0 spiro atoms. The Morgan fingerprint density at radius 1 is 1.16 bits per heavy atom. The molecule has 2 heterocycles. The van der Waals surface area contributed by atoms with Crippen molar-refractivity contribution >= 4 is 29.8 Å². The predicted molar refractivity (Wildman–Crippen MR) is 130 cm³/mol. The number of hydrogen-bond donors (Lipinski definition) is 3. The van der Waals surface area contributed by atoms with Crippen molar-refractivity contribution in [1.82, 2.24) is 15.6 Å². The van der Waals surface area contributed by atoms with Crippen LogP contribution in [0.25, 0.3) is 11.3 Å². The van der Waals surface area contributed by atoms with Crippen LogP contribution in [0.1, 0.15) is 32.3 Å². The van der Waals surface area contributed by atoms with Crippen molar-refractivity contribution in [3.63, 3.8) is 0 Å². The van der Waals surface area contributed by atoms with E-state index in [-0.39, 0.29) is 30.8 Å². The van der Waals surface area contributed by atoms with Gasteiger partial charge in [0.1, 0.15) is 18.2 Å². The number of carbonyl (C=O) groups excluding carboxylic acids is 4. The molecule has 2 aromatic rings. The summed E-state index contributed by atoms with van der Waals surface area (Å²) in [5.41, 5.74) is 1.80. The van der Waals surface area contributed by atoms with Crippen molar-refractivity contribution in [2.45, 2.75) is 39.0 Å². The molecule has 2 amide bonds. The lowest BCUT2D eigenvalue weighted by molar-refractivity contribution is -0.161. The van der Waals surface area contributed by atoms with Gasteiger partial charge in [-0.3, -0.25) is 30.1 Å². The number of pyridine rings is 1. The SMILES string of the molecule is COC(=O)C[C@@H]1C[C@@H](COc2ccc(-c3ccc(C(=N)NC(=O)OC(C)OC(C)=O)cn3)cc2)NC1=O. The molecule has 1 aliphatic rings. The molecule has 12 heteroatoms. The van der Waals surface area contributed by atoms with E-state index >= 15 is 0 Å². The summed E-state index contributed by atoms with van der Waals surface area (Å²) in [5, 5.41) is 13.1. The van der Waals surface area contributed by atoms with Crippen LogP contribution in [0.3, 0.4) is 0 Å². The van der Waals surface area contributed by atoms with Gasteiger partial charge in [0.05, 0.1) is 31.2 Å². The third-order valence-corrected chi connectivity index (χ3v) is 5.41. The first-order valence-corrected chi connectivity index (χ1v) is 11.4. The van der Waals surface area contributed by atoms with Crippen LogP contribution in [0.5, 0.6) is 5.75 Å². The summed E-state index contributed by atoms with van der Waals surface area (Å²) >= 11 is 0. The van der Waals surface area contributed by atoms with E-state index in [0.717, 1.165) is 5.56 Å². The average molecular weight is 513 g/mol. The summed E-state index contributed by atoms with van der Waals surface area (Å²) in [7, 11) is 1.29. The van der Waals surface area contributed by atoms with Crippen LogP contribution in [-0.2, 0) is 28.6 Å². The quantitative estimate of drug-likeness (QED) is 0.197. The first-order valence-electron chi connectivity index (χ1n) is 11.4. The van der Waals surface area contributed by atoms with E-state index in [1.54, 1.807) is 24.3 Å². The molecule has 12 nitrogen and oxygen atoms in total. The molecule has 1 fully saturated rings. The number of methoxy groups -OCH3 is 1. The summed E-state index contributed by atoms with van der Waals surface area (Å²) in [4.78, 5) is 50.5. The van der Waals surface area contributed by atoms with Crippen LogP contribution >= 0.6 is 0 Å². The van der Waals surface area contributed by atoms with Gasteiger partial charge in [0, 0.05) is 31.2 Å². The zero-order chi connectivity index (χ0) is 26.9. The zero-order valence-electron chi connectivity index (χ0n) is 20.6. The fourth-order valence-corrected chi connectivity index (χ4v) is 3.64. The Bertz CT molecular complexity index is 1150. The lowest BCUT2D eigenvalue weighted by atomic mass is 10.0. The molecule has 1 aromatic carbocycles. The van der Waals surface area contributed by atoms with Gasteiger partial charge in [-0.2, -0.15) is 0 Å². The van der Waals surface area contributed by atoms with E-state index < -0.39 is 30.2 Å². The van der Waals surface area contributed by atoms with Crippen LogP contribution in [-0.4, -0.2) is 60.8 Å². The lowest BCUT2D eigenvalue weighted by Crippen LogP contribution is -2.34. The van der Waals surface area contributed by atoms with Gasteiger partial charge in [-0.1, -0.05) is 0 Å². The molecule has 3 atom stereocenters. The van der Waals surface area contributed by atoms with Gasteiger partial charge < -0.3 is 24.3 Å². The van der Waals surface area contributed by atoms with Crippen LogP contribution in [0.4, 0.5) is 4.79 Å². The van der Waals surface area contributed by atoms with Gasteiger partial charge in [0.15, 0.2) is 0 Å². The van der Waals surface area contributed by atoms with Crippen molar-refractivity contribution in [2.75, 3.05) is 13.7 Å². The predicted octanol–water partition coefficient (Wildman–Crippen LogP) is 2.16. The summed E-state index contributed by atoms with van der Waals surface area (Å²) < 4.78 is 19.9. The molecule has 1 saturated heterocycles. The number of rotatable bonds is 9. The Hall–Kier alpha value is -4.48. The smallest absolute Gasteiger partial charge is 0.415 e. The van der Waals surface area contributed by atoms with Crippen molar-refractivity contribution < 1.29 is 38.1 Å². The average Bonchev–Trinajstić information content (AvgIpc) is 3.21. The highest BCUT2D eigenvalue weighted by Crippen LogP contribution is 2.23. The Morgan fingerprint density at radius 2 is 1.89 bits per heavy atom. The number of amides is 2. The zero-order valence-corrected chi connectivity index (χ0v) is 20.6. The molecule has 3 N–H and O–H groups in total. The second-order valence-corrected chi connectivity index (χ2v) is 8.27. The minimum atomic E-state index is -1.09. The van der Waals surface area contributed by atoms with E-state index in [2.05, 4.69) is 20.4 Å². The standard InChI is InChI=1S/C25H28N4O8/c1-14(30)36-15(2)37-25(33)29-23(26)17-6-9-21(27-12-17)16-4-7-20(8-5-16)35-13-19-10-18(24(32)28-19)11-22(31)34-3/h4-9,12,15,18-19H,10-11,13H2,1-3H3,(H,28,32)(H2,26,29,33)/t15?,18-,19-/m0/s1. The molecule has 1 aliphatic heterocycles. The fraction of sp³-hybridized carbons (Fsp3) is 0.360. The van der Waals surface area contributed by atoms with Crippen molar-refractivity contribution in [1.29, 1.82) is 5.41 Å². The Kier molecular flexibility index (Phi) is 9.14. The first kappa shape index (κ1) is 27.1. The fourth-order valence-electron chi connectivity index (χ4n) is 3.64. The maximum absolute atomic E-state index is 12.0. The number of hydrogen-bond acceptors (Lipinski definition) is 10. The molecule has 196 valence electrons. The number of benzene rings is 1. The van der Waals surface area contributed by atoms with Crippen LogP contribution in [0, 0.1) is 11.3 Å². The molecule has 0 saturated carbocycles. The van der Waals surface area contributed by atoms with Crippen molar-refractivity contribution in [2.24, 2.45) is 5.92 Å². The van der Waals surface area contributed by atoms with Crippen molar-refractivity contribution in [3.05, 3.63) is 48.2 Å². The minimum Gasteiger partial charge on any atom is -0.491 e. The van der Waals surface area contributed by atoms with Gasteiger partial charge in [-0.25, -0.2) is 4.79 Å². The van der Waals surface area contributed by atoms with Crippen LogP contribution in [0.2, 0.25) is 0 Å². The molecule has 37 heavy (non-hydrogen) atoms.